The summed E-state index contributed by atoms with van der Waals surface area (Å²) in [5, 5.41) is 0. The molecule has 0 unspecified atom stereocenters. The summed E-state index contributed by atoms with van der Waals surface area (Å²) >= 11 is 0. The minimum absolute atomic E-state index is 0.241. The maximum absolute atomic E-state index is 12.8. The number of ether oxygens (including phenoxy) is 2. The molecule has 6 heteroatoms. The molecule has 0 aliphatic carbocycles. The molecule has 2 heterocycles. The summed E-state index contributed by atoms with van der Waals surface area (Å²) in [5.41, 5.74) is -0.614. The predicted octanol–water partition coefficient (Wildman–Crippen LogP) is 2.41. The van der Waals surface area contributed by atoms with E-state index < -0.39 is 23.7 Å². The van der Waals surface area contributed by atoms with Crippen LogP contribution in [0.25, 0.3) is 0 Å². The molecule has 0 radical (unpaired) electrons. The standard InChI is InChI=1S/C18H24N2O4/c1-17(2,3)14-19(4)11-18(15(21)23-5)13(24-16(22)20(14)18)12-9-7-6-8-10-12/h6-10,13-14H,11H2,1-5H3/t13-,14-,18+/m1/s1. The number of fused-ring (bicyclic) bond motifs is 1. The fourth-order valence-electron chi connectivity index (χ4n) is 4.15. The van der Waals surface area contributed by atoms with Gasteiger partial charge in [0.2, 0.25) is 0 Å². The van der Waals surface area contributed by atoms with Crippen molar-refractivity contribution in [3.8, 4) is 0 Å². The number of methoxy groups -OCH3 is 1. The van der Waals surface area contributed by atoms with E-state index in [1.54, 1.807) is 4.90 Å². The van der Waals surface area contributed by atoms with Gasteiger partial charge in [0.05, 0.1) is 13.3 Å². The summed E-state index contributed by atoms with van der Waals surface area (Å²) in [6.07, 6.45) is -1.41. The van der Waals surface area contributed by atoms with Crippen LogP contribution in [0, 0.1) is 5.41 Å². The zero-order valence-corrected chi connectivity index (χ0v) is 14.8. The molecule has 2 aliphatic rings. The van der Waals surface area contributed by atoms with Gasteiger partial charge in [-0.05, 0) is 18.0 Å². The highest BCUT2D eigenvalue weighted by molar-refractivity contribution is 5.91. The van der Waals surface area contributed by atoms with E-state index in [2.05, 4.69) is 0 Å². The van der Waals surface area contributed by atoms with Crippen LogP contribution in [-0.2, 0) is 14.3 Å². The second kappa shape index (κ2) is 5.48. The van der Waals surface area contributed by atoms with Crippen molar-refractivity contribution in [2.75, 3.05) is 20.7 Å². The average molecular weight is 332 g/mol. The van der Waals surface area contributed by atoms with Crippen LogP contribution >= 0.6 is 0 Å². The number of cyclic esters (lactones) is 1. The van der Waals surface area contributed by atoms with Crippen molar-refractivity contribution in [1.29, 1.82) is 0 Å². The Labute approximate surface area is 142 Å². The molecule has 3 rings (SSSR count). The molecule has 1 amide bonds. The number of rotatable bonds is 2. The van der Waals surface area contributed by atoms with E-state index >= 15 is 0 Å². The van der Waals surface area contributed by atoms with E-state index in [9.17, 15) is 9.59 Å². The van der Waals surface area contributed by atoms with Crippen molar-refractivity contribution in [3.05, 3.63) is 35.9 Å². The zero-order valence-electron chi connectivity index (χ0n) is 14.8. The lowest BCUT2D eigenvalue weighted by molar-refractivity contribution is -0.153. The van der Waals surface area contributed by atoms with Gasteiger partial charge in [-0.1, -0.05) is 51.1 Å². The third-order valence-electron chi connectivity index (χ3n) is 4.85. The number of carbonyl (C=O) groups is 2. The van der Waals surface area contributed by atoms with Crippen molar-refractivity contribution in [3.63, 3.8) is 0 Å². The van der Waals surface area contributed by atoms with Crippen LogP contribution in [0.1, 0.15) is 32.4 Å². The lowest BCUT2D eigenvalue weighted by atomic mass is 9.86. The Bertz CT molecular complexity index is 655. The summed E-state index contributed by atoms with van der Waals surface area (Å²) in [5.74, 6) is -0.444. The number of nitrogens with zero attached hydrogens (tertiary/aromatic N) is 2. The second-order valence-corrected chi connectivity index (χ2v) is 7.62. The molecule has 2 aliphatic heterocycles. The first-order valence-corrected chi connectivity index (χ1v) is 8.07. The maximum atomic E-state index is 12.8. The topological polar surface area (TPSA) is 59.1 Å². The Morgan fingerprint density at radius 2 is 1.92 bits per heavy atom. The van der Waals surface area contributed by atoms with Gasteiger partial charge in [0.1, 0.15) is 0 Å². The molecule has 0 spiro atoms. The Morgan fingerprint density at radius 3 is 2.46 bits per heavy atom. The van der Waals surface area contributed by atoms with Crippen LogP contribution in [0.4, 0.5) is 4.79 Å². The van der Waals surface area contributed by atoms with E-state index in [1.165, 1.54) is 7.11 Å². The van der Waals surface area contributed by atoms with Gasteiger partial charge < -0.3 is 9.47 Å². The number of esters is 1. The molecule has 3 atom stereocenters. The minimum Gasteiger partial charge on any atom is -0.467 e. The molecule has 24 heavy (non-hydrogen) atoms. The van der Waals surface area contributed by atoms with E-state index in [1.807, 2.05) is 63.1 Å². The van der Waals surface area contributed by atoms with Crippen LogP contribution in [0.5, 0.6) is 0 Å². The van der Waals surface area contributed by atoms with E-state index in [4.69, 9.17) is 9.47 Å². The molecule has 0 saturated carbocycles. The van der Waals surface area contributed by atoms with Crippen LogP contribution in [0.3, 0.4) is 0 Å². The molecule has 0 bridgehead atoms. The van der Waals surface area contributed by atoms with Crippen molar-refractivity contribution >= 4 is 12.1 Å². The van der Waals surface area contributed by atoms with Crippen molar-refractivity contribution in [1.82, 2.24) is 9.80 Å². The Balaban J connectivity index is 2.16. The molecule has 1 aromatic rings. The summed E-state index contributed by atoms with van der Waals surface area (Å²) in [6.45, 7) is 6.51. The highest BCUT2D eigenvalue weighted by atomic mass is 16.6. The number of likely N-dealkylation sites (N-methyl/N-ethyl adjacent to an activating group) is 1. The molecule has 2 saturated heterocycles. The predicted molar refractivity (Wildman–Crippen MR) is 88.1 cm³/mol. The van der Waals surface area contributed by atoms with E-state index in [0.29, 0.717) is 6.54 Å². The summed E-state index contributed by atoms with van der Waals surface area (Å²) in [7, 11) is 3.28. The molecular weight excluding hydrogens is 308 g/mol. The third kappa shape index (κ3) is 2.20. The summed E-state index contributed by atoms with van der Waals surface area (Å²) < 4.78 is 10.8. The largest absolute Gasteiger partial charge is 0.467 e. The number of hydrogen-bond acceptors (Lipinski definition) is 5. The van der Waals surface area contributed by atoms with Crippen LogP contribution in [0.15, 0.2) is 30.3 Å². The monoisotopic (exact) mass is 332 g/mol. The molecule has 130 valence electrons. The molecule has 0 aromatic heterocycles. The van der Waals surface area contributed by atoms with Crippen molar-refractivity contribution in [2.24, 2.45) is 5.41 Å². The lowest BCUT2D eigenvalue weighted by Crippen LogP contribution is -2.56. The van der Waals surface area contributed by atoms with Crippen molar-refractivity contribution in [2.45, 2.75) is 38.6 Å². The smallest absolute Gasteiger partial charge is 0.412 e. The second-order valence-electron chi connectivity index (χ2n) is 7.62. The number of hydrogen-bond donors (Lipinski definition) is 0. The molecule has 2 fully saturated rings. The Hall–Kier alpha value is -2.08. The Morgan fingerprint density at radius 1 is 1.29 bits per heavy atom. The summed E-state index contributed by atoms with van der Waals surface area (Å²) in [6, 6.07) is 9.38. The van der Waals surface area contributed by atoms with Gasteiger partial charge in [0.15, 0.2) is 11.6 Å². The van der Waals surface area contributed by atoms with Crippen molar-refractivity contribution < 1.29 is 19.1 Å². The zero-order chi connectivity index (χ0) is 17.7. The first-order chi connectivity index (χ1) is 11.2. The van der Waals surface area contributed by atoms with E-state index in [0.717, 1.165) is 5.56 Å². The van der Waals surface area contributed by atoms with Crippen LogP contribution in [0.2, 0.25) is 0 Å². The highest BCUT2D eigenvalue weighted by Crippen LogP contribution is 2.51. The van der Waals surface area contributed by atoms with Gasteiger partial charge in [-0.25, -0.2) is 9.59 Å². The number of benzene rings is 1. The fraction of sp³-hybridized carbons (Fsp3) is 0.556. The van der Waals surface area contributed by atoms with Crippen LogP contribution < -0.4 is 0 Å². The Kier molecular flexibility index (Phi) is 3.83. The maximum Gasteiger partial charge on any atom is 0.412 e. The lowest BCUT2D eigenvalue weighted by Gasteiger charge is -2.38. The number of amides is 1. The first-order valence-electron chi connectivity index (χ1n) is 8.07. The third-order valence-corrected chi connectivity index (χ3v) is 4.85. The average Bonchev–Trinajstić information content (AvgIpc) is 2.99. The van der Waals surface area contributed by atoms with Gasteiger partial charge >= 0.3 is 12.1 Å². The minimum atomic E-state index is -1.17. The molecule has 0 N–H and O–H groups in total. The number of carbonyl (C=O) groups excluding carboxylic acids is 2. The van der Waals surface area contributed by atoms with Gasteiger partial charge in [-0.15, -0.1) is 0 Å². The van der Waals surface area contributed by atoms with Gasteiger partial charge in [-0.3, -0.25) is 9.80 Å². The SMILES string of the molecule is COC(=O)[C@@]12CN(C)[C@@H](C(C)(C)C)N1C(=O)O[C@@H]2c1ccccc1. The van der Waals surface area contributed by atoms with Gasteiger partial charge in [-0.2, -0.15) is 0 Å². The summed E-state index contributed by atoms with van der Waals surface area (Å²) in [4.78, 5) is 29.2. The quantitative estimate of drug-likeness (QED) is 0.779. The van der Waals surface area contributed by atoms with Gasteiger partial charge in [0, 0.05) is 6.54 Å². The molecule has 1 aromatic carbocycles. The molecular formula is C18H24N2O4. The van der Waals surface area contributed by atoms with Gasteiger partial charge in [0.25, 0.3) is 0 Å². The molecule has 6 nitrogen and oxygen atoms in total. The first kappa shape index (κ1) is 16.8. The fourth-order valence-corrected chi connectivity index (χ4v) is 4.15. The normalized spacial score (nSPS) is 30.2. The van der Waals surface area contributed by atoms with Crippen LogP contribution in [-0.4, -0.2) is 54.3 Å². The highest BCUT2D eigenvalue weighted by Gasteiger charge is 2.69. The van der Waals surface area contributed by atoms with E-state index in [-0.39, 0.29) is 11.6 Å².